The van der Waals surface area contributed by atoms with Crippen molar-refractivity contribution in [1.29, 1.82) is 0 Å². The summed E-state index contributed by atoms with van der Waals surface area (Å²) in [6.07, 6.45) is -1.12. The number of nitrogens with zero attached hydrogens (tertiary/aromatic N) is 1. The zero-order valence-electron chi connectivity index (χ0n) is 15.5. The Hall–Kier alpha value is -3.75. The van der Waals surface area contributed by atoms with Crippen molar-refractivity contribution < 1.29 is 24.0 Å². The molecule has 0 bridgehead atoms. The van der Waals surface area contributed by atoms with E-state index in [2.05, 4.69) is 10.6 Å². The number of benzene rings is 2. The van der Waals surface area contributed by atoms with Crippen molar-refractivity contribution >= 4 is 34.8 Å². The molecule has 0 heterocycles. The van der Waals surface area contributed by atoms with Crippen molar-refractivity contribution in [1.82, 2.24) is 0 Å². The molecule has 9 heteroatoms. The van der Waals surface area contributed by atoms with Crippen LogP contribution in [0, 0.1) is 17.0 Å². The van der Waals surface area contributed by atoms with Crippen LogP contribution in [0.15, 0.2) is 42.5 Å². The number of carbonyl (C=O) groups excluding carboxylic acids is 3. The van der Waals surface area contributed by atoms with Crippen LogP contribution in [0.3, 0.4) is 0 Å². The van der Waals surface area contributed by atoms with Crippen LogP contribution in [0.1, 0.15) is 29.8 Å². The van der Waals surface area contributed by atoms with Crippen LogP contribution in [0.25, 0.3) is 0 Å². The lowest BCUT2D eigenvalue weighted by Gasteiger charge is -2.14. The molecule has 0 aromatic heterocycles. The van der Waals surface area contributed by atoms with E-state index in [9.17, 15) is 24.5 Å². The van der Waals surface area contributed by atoms with Gasteiger partial charge in [-0.3, -0.25) is 19.7 Å². The zero-order chi connectivity index (χ0) is 20.8. The average Bonchev–Trinajstić information content (AvgIpc) is 2.62. The molecule has 2 N–H and O–H groups in total. The third kappa shape index (κ3) is 5.13. The number of hydrogen-bond donors (Lipinski definition) is 2. The topological polar surface area (TPSA) is 128 Å². The van der Waals surface area contributed by atoms with Gasteiger partial charge in [-0.2, -0.15) is 0 Å². The summed E-state index contributed by atoms with van der Waals surface area (Å²) in [4.78, 5) is 45.9. The number of nitro benzene ring substituents is 1. The molecule has 1 atom stereocenters. The van der Waals surface area contributed by atoms with Gasteiger partial charge in [-0.1, -0.05) is 6.07 Å². The molecule has 0 aliphatic carbocycles. The minimum absolute atomic E-state index is 0.0218. The van der Waals surface area contributed by atoms with E-state index in [1.165, 1.54) is 39.0 Å². The number of esters is 1. The Morgan fingerprint density at radius 2 is 1.61 bits per heavy atom. The number of ether oxygens (including phenoxy) is 1. The predicted molar refractivity (Wildman–Crippen MR) is 102 cm³/mol. The summed E-state index contributed by atoms with van der Waals surface area (Å²) in [6, 6.07) is 10.5. The van der Waals surface area contributed by atoms with E-state index in [-0.39, 0.29) is 22.7 Å². The van der Waals surface area contributed by atoms with Gasteiger partial charge in [0, 0.05) is 29.9 Å². The van der Waals surface area contributed by atoms with Crippen molar-refractivity contribution in [3.05, 3.63) is 63.7 Å². The number of rotatable bonds is 6. The lowest BCUT2D eigenvalue weighted by Crippen LogP contribution is -2.30. The van der Waals surface area contributed by atoms with Gasteiger partial charge in [0.05, 0.1) is 10.5 Å². The molecule has 2 rings (SSSR count). The van der Waals surface area contributed by atoms with Gasteiger partial charge >= 0.3 is 5.97 Å². The van der Waals surface area contributed by atoms with Crippen LogP contribution in [0.5, 0.6) is 0 Å². The number of anilines is 2. The maximum absolute atomic E-state index is 12.3. The van der Waals surface area contributed by atoms with Gasteiger partial charge in [0.1, 0.15) is 0 Å². The van der Waals surface area contributed by atoms with E-state index in [1.807, 2.05) is 0 Å². The van der Waals surface area contributed by atoms with E-state index < -0.39 is 22.9 Å². The lowest BCUT2D eigenvalue weighted by atomic mass is 10.1. The molecule has 28 heavy (non-hydrogen) atoms. The number of nitrogens with one attached hydrogen (secondary N) is 2. The van der Waals surface area contributed by atoms with Crippen LogP contribution in [-0.4, -0.2) is 28.8 Å². The molecule has 2 amide bonds. The Bertz CT molecular complexity index is 924. The highest BCUT2D eigenvalue weighted by molar-refractivity contribution is 5.98. The molecule has 0 aliphatic rings. The first-order chi connectivity index (χ1) is 13.2. The highest BCUT2D eigenvalue weighted by atomic mass is 16.6. The van der Waals surface area contributed by atoms with Gasteiger partial charge in [0.15, 0.2) is 6.10 Å². The first-order valence-electron chi connectivity index (χ1n) is 8.32. The minimum atomic E-state index is -1.12. The molecule has 0 saturated heterocycles. The predicted octanol–water partition coefficient (Wildman–Crippen LogP) is 3.05. The third-order valence-electron chi connectivity index (χ3n) is 3.85. The molecular formula is C19H19N3O6. The molecule has 0 unspecified atom stereocenters. The van der Waals surface area contributed by atoms with Gasteiger partial charge in [0.2, 0.25) is 5.91 Å². The van der Waals surface area contributed by atoms with Crippen molar-refractivity contribution in [2.75, 3.05) is 10.6 Å². The second-order valence-corrected chi connectivity index (χ2v) is 6.00. The van der Waals surface area contributed by atoms with Crippen LogP contribution < -0.4 is 10.6 Å². The third-order valence-corrected chi connectivity index (χ3v) is 3.85. The molecule has 0 radical (unpaired) electrons. The van der Waals surface area contributed by atoms with Gasteiger partial charge < -0.3 is 15.4 Å². The Morgan fingerprint density at radius 3 is 2.14 bits per heavy atom. The zero-order valence-corrected chi connectivity index (χ0v) is 15.5. The Labute approximate surface area is 160 Å². The van der Waals surface area contributed by atoms with Crippen molar-refractivity contribution in [3.63, 3.8) is 0 Å². The van der Waals surface area contributed by atoms with Gasteiger partial charge in [-0.25, -0.2) is 4.79 Å². The second kappa shape index (κ2) is 8.76. The largest absolute Gasteiger partial charge is 0.449 e. The molecular weight excluding hydrogens is 366 g/mol. The van der Waals surface area contributed by atoms with Crippen molar-refractivity contribution in [3.8, 4) is 0 Å². The number of nitro groups is 1. The monoisotopic (exact) mass is 385 g/mol. The minimum Gasteiger partial charge on any atom is -0.449 e. The number of carbonyl (C=O) groups is 3. The normalized spacial score (nSPS) is 11.2. The van der Waals surface area contributed by atoms with Gasteiger partial charge in [0.25, 0.3) is 11.6 Å². The van der Waals surface area contributed by atoms with E-state index in [0.717, 1.165) is 0 Å². The number of hydrogen-bond acceptors (Lipinski definition) is 6. The first kappa shape index (κ1) is 20.6. The fourth-order valence-electron chi connectivity index (χ4n) is 2.40. The van der Waals surface area contributed by atoms with Crippen LogP contribution in [0.4, 0.5) is 17.1 Å². The molecule has 0 saturated carbocycles. The number of amides is 2. The smallest absolute Gasteiger partial charge is 0.339 e. The van der Waals surface area contributed by atoms with E-state index in [0.29, 0.717) is 11.4 Å². The van der Waals surface area contributed by atoms with Crippen molar-refractivity contribution in [2.45, 2.75) is 26.9 Å². The van der Waals surface area contributed by atoms with Crippen LogP contribution in [-0.2, 0) is 14.3 Å². The average molecular weight is 385 g/mol. The quantitative estimate of drug-likeness (QED) is 0.447. The SMILES string of the molecule is CC(=O)Nc1ccc(NC(=O)[C@@H](C)OC(=O)c2cccc([N+](=O)[O-])c2C)cc1. The fourth-order valence-corrected chi connectivity index (χ4v) is 2.40. The molecule has 0 aliphatic heterocycles. The summed E-state index contributed by atoms with van der Waals surface area (Å²) in [5.41, 5.74) is 1.01. The summed E-state index contributed by atoms with van der Waals surface area (Å²) in [5, 5.41) is 16.2. The summed E-state index contributed by atoms with van der Waals surface area (Å²) in [5.74, 6) is -1.61. The highest BCUT2D eigenvalue weighted by Crippen LogP contribution is 2.22. The molecule has 0 spiro atoms. The van der Waals surface area contributed by atoms with E-state index in [4.69, 9.17) is 4.74 Å². The maximum Gasteiger partial charge on any atom is 0.339 e. The molecule has 0 fully saturated rings. The highest BCUT2D eigenvalue weighted by Gasteiger charge is 2.23. The summed E-state index contributed by atoms with van der Waals surface area (Å²) in [7, 11) is 0. The molecule has 2 aromatic carbocycles. The molecule has 9 nitrogen and oxygen atoms in total. The first-order valence-corrected chi connectivity index (χ1v) is 8.32. The maximum atomic E-state index is 12.3. The Kier molecular flexibility index (Phi) is 6.43. The fraction of sp³-hybridized carbons (Fsp3) is 0.211. The van der Waals surface area contributed by atoms with Crippen LogP contribution >= 0.6 is 0 Å². The van der Waals surface area contributed by atoms with Gasteiger partial charge in [-0.05, 0) is 44.2 Å². The Morgan fingerprint density at radius 1 is 1.04 bits per heavy atom. The van der Waals surface area contributed by atoms with E-state index >= 15 is 0 Å². The van der Waals surface area contributed by atoms with Crippen LogP contribution in [0.2, 0.25) is 0 Å². The summed E-state index contributed by atoms with van der Waals surface area (Å²) < 4.78 is 5.13. The molecule has 2 aromatic rings. The van der Waals surface area contributed by atoms with Gasteiger partial charge in [-0.15, -0.1) is 0 Å². The molecule has 146 valence electrons. The Balaban J connectivity index is 2.02. The van der Waals surface area contributed by atoms with Crippen molar-refractivity contribution in [2.24, 2.45) is 0 Å². The standard InChI is InChI=1S/C19H19N3O6/c1-11-16(5-4-6-17(11)22(26)27)19(25)28-12(2)18(24)21-15-9-7-14(8-10-15)20-13(3)23/h4-10,12H,1-3H3,(H,20,23)(H,21,24)/t12-/m1/s1. The van der Waals surface area contributed by atoms with E-state index in [1.54, 1.807) is 24.3 Å². The summed E-state index contributed by atoms with van der Waals surface area (Å²) in [6.45, 7) is 4.22. The lowest BCUT2D eigenvalue weighted by molar-refractivity contribution is -0.385. The second-order valence-electron chi connectivity index (χ2n) is 6.00. The summed E-state index contributed by atoms with van der Waals surface area (Å²) >= 11 is 0.